The van der Waals surface area contributed by atoms with Crippen LogP contribution in [0.1, 0.15) is 45.2 Å². The Morgan fingerprint density at radius 3 is 2.35 bits per heavy atom. The fourth-order valence-corrected chi connectivity index (χ4v) is 4.15. The monoisotopic (exact) mass is 416 g/mol. The van der Waals surface area contributed by atoms with Gasteiger partial charge in [-0.3, -0.25) is 4.79 Å². The van der Waals surface area contributed by atoms with E-state index in [-0.39, 0.29) is 11.9 Å². The molecule has 2 atom stereocenters. The lowest BCUT2D eigenvalue weighted by Gasteiger charge is -2.32. The van der Waals surface area contributed by atoms with Crippen molar-refractivity contribution >= 4 is 22.4 Å². The summed E-state index contributed by atoms with van der Waals surface area (Å²) in [6.45, 7) is 8.37. The van der Waals surface area contributed by atoms with Gasteiger partial charge >= 0.3 is 0 Å². The third-order valence-corrected chi connectivity index (χ3v) is 6.30. The van der Waals surface area contributed by atoms with E-state index in [0.29, 0.717) is 5.75 Å². The lowest BCUT2D eigenvalue weighted by Crippen LogP contribution is -2.37. The molecule has 0 saturated carbocycles. The summed E-state index contributed by atoms with van der Waals surface area (Å²) in [7, 11) is 0. The molecule has 0 bridgehead atoms. The van der Waals surface area contributed by atoms with Gasteiger partial charge in [-0.2, -0.15) is 0 Å². The molecule has 4 nitrogen and oxygen atoms in total. The fourth-order valence-electron chi connectivity index (χ4n) is 4.15. The van der Waals surface area contributed by atoms with Crippen molar-refractivity contribution in [2.75, 3.05) is 18.0 Å². The van der Waals surface area contributed by atoms with Gasteiger partial charge in [-0.1, -0.05) is 49.4 Å². The van der Waals surface area contributed by atoms with Gasteiger partial charge in [0.15, 0.2) is 6.10 Å². The number of anilines is 1. The van der Waals surface area contributed by atoms with E-state index in [4.69, 9.17) is 4.74 Å². The van der Waals surface area contributed by atoms with Crippen LogP contribution in [0.25, 0.3) is 10.8 Å². The Balaban J connectivity index is 1.33. The summed E-state index contributed by atoms with van der Waals surface area (Å²) in [5.74, 6) is 1.41. The number of nitrogens with one attached hydrogen (secondary N) is 1. The van der Waals surface area contributed by atoms with Crippen molar-refractivity contribution in [3.05, 3.63) is 72.3 Å². The molecule has 0 radical (unpaired) electrons. The van der Waals surface area contributed by atoms with Crippen molar-refractivity contribution in [1.29, 1.82) is 0 Å². The van der Waals surface area contributed by atoms with Gasteiger partial charge in [0.2, 0.25) is 0 Å². The Kier molecular flexibility index (Phi) is 6.45. The maximum absolute atomic E-state index is 12.7. The summed E-state index contributed by atoms with van der Waals surface area (Å²) in [5, 5.41) is 5.34. The molecule has 1 amide bonds. The Hall–Kier alpha value is -3.01. The van der Waals surface area contributed by atoms with Crippen LogP contribution in [0, 0.1) is 5.92 Å². The number of ether oxygens (including phenoxy) is 1. The molecular weight excluding hydrogens is 384 g/mol. The lowest BCUT2D eigenvalue weighted by molar-refractivity contribution is -0.127. The highest BCUT2D eigenvalue weighted by atomic mass is 16.5. The van der Waals surface area contributed by atoms with E-state index in [0.717, 1.165) is 35.3 Å². The maximum Gasteiger partial charge on any atom is 0.261 e. The third-order valence-electron chi connectivity index (χ3n) is 6.30. The van der Waals surface area contributed by atoms with Crippen molar-refractivity contribution in [3.8, 4) is 5.75 Å². The largest absolute Gasteiger partial charge is 0.481 e. The van der Waals surface area contributed by atoms with Gasteiger partial charge in [0, 0.05) is 18.8 Å². The van der Waals surface area contributed by atoms with E-state index in [1.54, 1.807) is 6.92 Å². The zero-order valence-corrected chi connectivity index (χ0v) is 18.7. The molecule has 0 aliphatic carbocycles. The van der Waals surface area contributed by atoms with Gasteiger partial charge in [0.1, 0.15) is 5.75 Å². The maximum atomic E-state index is 12.7. The van der Waals surface area contributed by atoms with E-state index in [2.05, 4.69) is 47.5 Å². The van der Waals surface area contributed by atoms with Crippen molar-refractivity contribution in [2.45, 2.75) is 45.8 Å². The summed E-state index contributed by atoms with van der Waals surface area (Å²) < 4.78 is 5.91. The Morgan fingerprint density at radius 2 is 1.65 bits per heavy atom. The first-order valence-electron chi connectivity index (χ1n) is 11.3. The van der Waals surface area contributed by atoms with Crippen LogP contribution in [0.3, 0.4) is 0 Å². The average Bonchev–Trinajstić information content (AvgIpc) is 2.79. The standard InChI is InChI=1S/C27H32N2O2/c1-19-14-16-29(17-15-19)25-11-8-22(9-12-25)20(2)28-27(30)21(3)31-26-13-10-23-6-4-5-7-24(23)18-26/h4-13,18-21H,14-17H2,1-3H3,(H,28,30). The number of fused-ring (bicyclic) bond motifs is 1. The summed E-state index contributed by atoms with van der Waals surface area (Å²) >= 11 is 0. The second-order valence-electron chi connectivity index (χ2n) is 8.76. The summed E-state index contributed by atoms with van der Waals surface area (Å²) in [4.78, 5) is 15.1. The van der Waals surface area contributed by atoms with Gasteiger partial charge in [0.05, 0.1) is 6.04 Å². The lowest BCUT2D eigenvalue weighted by atomic mass is 9.98. The minimum Gasteiger partial charge on any atom is -0.481 e. The smallest absolute Gasteiger partial charge is 0.261 e. The van der Waals surface area contributed by atoms with Gasteiger partial charge in [-0.05, 0) is 73.2 Å². The van der Waals surface area contributed by atoms with Gasteiger partial charge < -0.3 is 15.0 Å². The Bertz CT molecular complexity index is 1020. The SMILES string of the molecule is CC1CCN(c2ccc(C(C)NC(=O)C(C)Oc3ccc4ccccc4c3)cc2)CC1. The molecule has 1 saturated heterocycles. The molecule has 4 heteroatoms. The van der Waals surface area contributed by atoms with Crippen molar-refractivity contribution in [2.24, 2.45) is 5.92 Å². The van der Waals surface area contributed by atoms with Crippen molar-refractivity contribution in [1.82, 2.24) is 5.32 Å². The number of amides is 1. The number of rotatable bonds is 6. The molecule has 31 heavy (non-hydrogen) atoms. The highest BCUT2D eigenvalue weighted by molar-refractivity contribution is 5.84. The van der Waals surface area contributed by atoms with Gasteiger partial charge in [0.25, 0.3) is 5.91 Å². The van der Waals surface area contributed by atoms with E-state index >= 15 is 0 Å². The van der Waals surface area contributed by atoms with E-state index in [1.807, 2.05) is 43.3 Å². The van der Waals surface area contributed by atoms with Crippen LogP contribution in [0.5, 0.6) is 5.75 Å². The van der Waals surface area contributed by atoms with Crippen LogP contribution in [0.2, 0.25) is 0 Å². The second-order valence-corrected chi connectivity index (χ2v) is 8.76. The number of carbonyl (C=O) groups is 1. The minimum absolute atomic E-state index is 0.0782. The molecule has 0 aromatic heterocycles. The van der Waals surface area contributed by atoms with E-state index in [9.17, 15) is 4.79 Å². The molecule has 0 spiro atoms. The zero-order valence-electron chi connectivity index (χ0n) is 18.7. The summed E-state index contributed by atoms with van der Waals surface area (Å²) in [6.07, 6.45) is 1.94. The number of piperidine rings is 1. The number of benzene rings is 3. The predicted octanol–water partition coefficient (Wildman–Crippen LogP) is 5.72. The molecule has 1 aliphatic rings. The highest BCUT2D eigenvalue weighted by Gasteiger charge is 2.19. The molecule has 4 rings (SSSR count). The molecule has 1 heterocycles. The van der Waals surface area contributed by atoms with Crippen LogP contribution >= 0.6 is 0 Å². The quantitative estimate of drug-likeness (QED) is 0.559. The van der Waals surface area contributed by atoms with Crippen LogP contribution < -0.4 is 15.0 Å². The van der Waals surface area contributed by atoms with Crippen molar-refractivity contribution < 1.29 is 9.53 Å². The second kappa shape index (κ2) is 9.42. The molecule has 1 fully saturated rings. The van der Waals surface area contributed by atoms with E-state index < -0.39 is 6.10 Å². The van der Waals surface area contributed by atoms with Crippen LogP contribution in [0.4, 0.5) is 5.69 Å². The molecule has 3 aromatic carbocycles. The molecule has 162 valence electrons. The fraction of sp³-hybridized carbons (Fsp3) is 0.370. The normalized spacial score (nSPS) is 16.7. The van der Waals surface area contributed by atoms with Crippen molar-refractivity contribution in [3.63, 3.8) is 0 Å². The van der Waals surface area contributed by atoms with Crippen LogP contribution in [-0.4, -0.2) is 25.1 Å². The average molecular weight is 417 g/mol. The van der Waals surface area contributed by atoms with Crippen LogP contribution in [0.15, 0.2) is 66.7 Å². The number of carbonyl (C=O) groups excluding carboxylic acids is 1. The highest BCUT2D eigenvalue weighted by Crippen LogP contribution is 2.25. The zero-order chi connectivity index (χ0) is 21.8. The molecular formula is C27H32N2O2. The molecule has 1 aliphatic heterocycles. The Labute approximate surface area is 185 Å². The minimum atomic E-state index is -0.571. The summed E-state index contributed by atoms with van der Waals surface area (Å²) in [5.41, 5.74) is 2.36. The number of hydrogen-bond acceptors (Lipinski definition) is 3. The van der Waals surface area contributed by atoms with Gasteiger partial charge in [-0.15, -0.1) is 0 Å². The Morgan fingerprint density at radius 1 is 0.968 bits per heavy atom. The molecule has 2 unspecified atom stereocenters. The first-order valence-corrected chi connectivity index (χ1v) is 11.3. The van der Waals surface area contributed by atoms with Crippen LogP contribution in [-0.2, 0) is 4.79 Å². The first kappa shape index (κ1) is 21.2. The van der Waals surface area contributed by atoms with Gasteiger partial charge in [-0.25, -0.2) is 0 Å². The number of nitrogens with zero attached hydrogens (tertiary/aromatic N) is 1. The molecule has 3 aromatic rings. The topological polar surface area (TPSA) is 41.6 Å². The number of hydrogen-bond donors (Lipinski definition) is 1. The third kappa shape index (κ3) is 5.19. The predicted molar refractivity (Wildman–Crippen MR) is 128 cm³/mol. The summed E-state index contributed by atoms with van der Waals surface area (Å²) in [6, 6.07) is 22.5. The first-order chi connectivity index (χ1) is 15.0. The molecule has 1 N–H and O–H groups in total. The van der Waals surface area contributed by atoms with E-state index in [1.165, 1.54) is 18.5 Å².